The zero-order valence-electron chi connectivity index (χ0n) is 12.9. The van der Waals surface area contributed by atoms with Crippen LogP contribution in [0.4, 0.5) is 8.78 Å². The van der Waals surface area contributed by atoms with Gasteiger partial charge in [0, 0.05) is 11.1 Å². The van der Waals surface area contributed by atoms with E-state index in [1.54, 1.807) is 24.3 Å². The van der Waals surface area contributed by atoms with Gasteiger partial charge in [-0.3, -0.25) is 4.79 Å². The quantitative estimate of drug-likeness (QED) is 0.735. The molecule has 1 saturated carbocycles. The van der Waals surface area contributed by atoms with Gasteiger partial charge in [-0.25, -0.2) is 0 Å². The van der Waals surface area contributed by atoms with Crippen molar-refractivity contribution < 1.29 is 13.6 Å². The zero-order chi connectivity index (χ0) is 15.7. The largest absolute Gasteiger partial charge is 0.335 e. The molecule has 0 aliphatic heterocycles. The Kier molecular flexibility index (Phi) is 4.16. The van der Waals surface area contributed by atoms with Crippen LogP contribution in [0, 0.1) is 11.8 Å². The molecule has 0 amide bonds. The number of carbonyl (C=O) groups excluding carboxylic acids is 1. The average molecular weight is 304 g/mol. The summed E-state index contributed by atoms with van der Waals surface area (Å²) in [5.74, 6) is -3.65. The monoisotopic (exact) mass is 304 g/mol. The Morgan fingerprint density at radius 3 is 2.50 bits per heavy atom. The van der Waals surface area contributed by atoms with Crippen LogP contribution in [0.2, 0.25) is 0 Å². The van der Waals surface area contributed by atoms with Gasteiger partial charge in [-0.2, -0.15) is 8.78 Å². The van der Waals surface area contributed by atoms with Gasteiger partial charge in [0.15, 0.2) is 0 Å². The van der Waals surface area contributed by atoms with Crippen LogP contribution in [0.15, 0.2) is 29.8 Å². The fourth-order valence-corrected chi connectivity index (χ4v) is 3.92. The molecule has 1 aromatic rings. The van der Waals surface area contributed by atoms with E-state index in [1.165, 1.54) is 18.9 Å². The second-order valence-electron chi connectivity index (χ2n) is 6.60. The fourth-order valence-electron chi connectivity index (χ4n) is 3.92. The molecule has 0 N–H and O–H groups in total. The molecule has 0 atom stereocenters. The summed E-state index contributed by atoms with van der Waals surface area (Å²) >= 11 is 0. The highest BCUT2D eigenvalue weighted by molar-refractivity contribution is 6.08. The van der Waals surface area contributed by atoms with Crippen LogP contribution in [0.5, 0.6) is 0 Å². The number of rotatable bonds is 3. The molecular formula is C19H22F2O. The van der Waals surface area contributed by atoms with E-state index in [1.807, 2.05) is 0 Å². The number of hydrogen-bond donors (Lipinski definition) is 0. The standard InChI is InChI=1S/C19H22F2O/c1-2-5-13-8-10-14(11-9-13)16-12-15-6-3-4-7-17(15)19(20,21)18(16)22/h3-4,6-7,12-14H,2,5,8-11H2,1H3. The van der Waals surface area contributed by atoms with Gasteiger partial charge in [0.2, 0.25) is 5.78 Å². The molecule has 1 nitrogen and oxygen atoms in total. The molecule has 22 heavy (non-hydrogen) atoms. The van der Waals surface area contributed by atoms with Crippen molar-refractivity contribution in [2.45, 2.75) is 51.4 Å². The van der Waals surface area contributed by atoms with Crippen molar-refractivity contribution >= 4 is 11.9 Å². The van der Waals surface area contributed by atoms with Crippen molar-refractivity contribution in [1.29, 1.82) is 0 Å². The highest BCUT2D eigenvalue weighted by Gasteiger charge is 2.47. The van der Waals surface area contributed by atoms with Crippen molar-refractivity contribution in [3.05, 3.63) is 41.0 Å². The first-order valence-electron chi connectivity index (χ1n) is 8.27. The lowest BCUT2D eigenvalue weighted by Crippen LogP contribution is -2.34. The van der Waals surface area contributed by atoms with E-state index in [-0.39, 0.29) is 11.5 Å². The average Bonchev–Trinajstić information content (AvgIpc) is 2.52. The van der Waals surface area contributed by atoms with Crippen LogP contribution in [-0.4, -0.2) is 5.78 Å². The molecule has 0 heterocycles. The normalized spacial score (nSPS) is 27.2. The number of halogens is 2. The fraction of sp³-hybridized carbons (Fsp3) is 0.526. The lowest BCUT2D eigenvalue weighted by molar-refractivity contribution is -0.141. The smallest absolute Gasteiger partial charge is 0.287 e. The van der Waals surface area contributed by atoms with Crippen molar-refractivity contribution in [3.63, 3.8) is 0 Å². The van der Waals surface area contributed by atoms with Crippen molar-refractivity contribution in [2.24, 2.45) is 11.8 Å². The molecule has 2 aliphatic rings. The highest BCUT2D eigenvalue weighted by Crippen LogP contribution is 2.44. The maximum Gasteiger partial charge on any atom is 0.335 e. The number of hydrogen-bond acceptors (Lipinski definition) is 1. The second kappa shape index (κ2) is 5.94. The molecule has 0 unspecified atom stereocenters. The van der Waals surface area contributed by atoms with E-state index in [2.05, 4.69) is 6.92 Å². The number of fused-ring (bicyclic) bond motifs is 1. The van der Waals surface area contributed by atoms with Crippen LogP contribution < -0.4 is 0 Å². The number of alkyl halides is 2. The number of ketones is 1. The van der Waals surface area contributed by atoms with E-state index in [0.29, 0.717) is 17.1 Å². The molecule has 0 aromatic heterocycles. The van der Waals surface area contributed by atoms with Gasteiger partial charge in [-0.05, 0) is 49.2 Å². The molecule has 1 aromatic carbocycles. The number of carbonyl (C=O) groups is 1. The predicted molar refractivity (Wildman–Crippen MR) is 83.7 cm³/mol. The summed E-state index contributed by atoms with van der Waals surface area (Å²) in [6, 6.07) is 6.35. The predicted octanol–water partition coefficient (Wildman–Crippen LogP) is 5.35. The van der Waals surface area contributed by atoms with Gasteiger partial charge in [0.1, 0.15) is 0 Å². The molecule has 0 bridgehead atoms. The van der Waals surface area contributed by atoms with E-state index < -0.39 is 11.7 Å². The maximum absolute atomic E-state index is 14.4. The van der Waals surface area contributed by atoms with E-state index in [9.17, 15) is 13.6 Å². The number of benzene rings is 1. The van der Waals surface area contributed by atoms with Gasteiger partial charge in [-0.15, -0.1) is 0 Å². The van der Waals surface area contributed by atoms with Gasteiger partial charge in [-0.1, -0.05) is 44.0 Å². The summed E-state index contributed by atoms with van der Waals surface area (Å²) in [7, 11) is 0. The number of Topliss-reactive ketones (excluding diaryl/α,β-unsaturated/α-hetero) is 1. The second-order valence-corrected chi connectivity index (χ2v) is 6.60. The van der Waals surface area contributed by atoms with Crippen LogP contribution in [0.3, 0.4) is 0 Å². The maximum atomic E-state index is 14.4. The summed E-state index contributed by atoms with van der Waals surface area (Å²) in [4.78, 5) is 12.3. The molecule has 118 valence electrons. The van der Waals surface area contributed by atoms with Crippen LogP contribution >= 0.6 is 0 Å². The minimum atomic E-state index is -3.37. The highest BCUT2D eigenvalue weighted by atomic mass is 19.3. The minimum absolute atomic E-state index is 0.000151. The molecular weight excluding hydrogens is 282 g/mol. The van der Waals surface area contributed by atoms with Crippen molar-refractivity contribution in [2.75, 3.05) is 0 Å². The molecule has 0 radical (unpaired) electrons. The summed E-state index contributed by atoms with van der Waals surface area (Å²) in [5.41, 5.74) is 0.694. The van der Waals surface area contributed by atoms with E-state index in [4.69, 9.17) is 0 Å². The third-order valence-corrected chi connectivity index (χ3v) is 5.14. The van der Waals surface area contributed by atoms with Gasteiger partial charge in [0.05, 0.1) is 0 Å². The summed E-state index contributed by atoms with van der Waals surface area (Å²) in [5, 5.41) is 0. The Morgan fingerprint density at radius 1 is 1.14 bits per heavy atom. The van der Waals surface area contributed by atoms with Crippen molar-refractivity contribution in [3.8, 4) is 0 Å². The van der Waals surface area contributed by atoms with Crippen molar-refractivity contribution in [1.82, 2.24) is 0 Å². The number of allylic oxidation sites excluding steroid dienone is 1. The molecule has 0 saturated heterocycles. The lowest BCUT2D eigenvalue weighted by atomic mass is 9.73. The summed E-state index contributed by atoms with van der Waals surface area (Å²) < 4.78 is 28.8. The first-order valence-corrected chi connectivity index (χ1v) is 8.27. The SMILES string of the molecule is CCCC1CCC(C2=Cc3ccccc3C(F)(F)C2=O)CC1. The van der Waals surface area contributed by atoms with Crippen LogP contribution in [0.1, 0.15) is 56.6 Å². The third kappa shape index (κ3) is 2.62. The van der Waals surface area contributed by atoms with E-state index in [0.717, 1.165) is 25.7 Å². The Bertz CT molecular complexity index is 595. The summed E-state index contributed by atoms with van der Waals surface area (Å²) in [6.07, 6.45) is 7.91. The molecule has 0 spiro atoms. The van der Waals surface area contributed by atoms with Gasteiger partial charge < -0.3 is 0 Å². The molecule has 1 fully saturated rings. The Balaban J connectivity index is 1.86. The van der Waals surface area contributed by atoms with E-state index >= 15 is 0 Å². The Morgan fingerprint density at radius 2 is 1.82 bits per heavy atom. The summed E-state index contributed by atoms with van der Waals surface area (Å²) in [6.45, 7) is 2.18. The third-order valence-electron chi connectivity index (χ3n) is 5.14. The molecule has 2 aliphatic carbocycles. The Labute approximate surface area is 130 Å². The van der Waals surface area contributed by atoms with Gasteiger partial charge >= 0.3 is 5.92 Å². The lowest BCUT2D eigenvalue weighted by Gasteiger charge is -2.33. The molecule has 3 rings (SSSR count). The molecule has 3 heteroatoms. The zero-order valence-corrected chi connectivity index (χ0v) is 12.9. The van der Waals surface area contributed by atoms with Crippen LogP contribution in [-0.2, 0) is 10.7 Å². The Hall–Kier alpha value is -1.51. The van der Waals surface area contributed by atoms with Crippen LogP contribution in [0.25, 0.3) is 6.08 Å². The first kappa shape index (κ1) is 15.4. The topological polar surface area (TPSA) is 17.1 Å². The van der Waals surface area contributed by atoms with Gasteiger partial charge in [0.25, 0.3) is 0 Å². The first-order chi connectivity index (χ1) is 10.5. The minimum Gasteiger partial charge on any atom is -0.287 e.